The number of hydrogen-bond donors (Lipinski definition) is 2. The number of amides is 3. The zero-order valence-corrected chi connectivity index (χ0v) is 16.0. The quantitative estimate of drug-likeness (QED) is 0.701. The Hall–Kier alpha value is -2.46. The zero-order chi connectivity index (χ0) is 20.2. The first-order chi connectivity index (χ1) is 12.6. The van der Waals surface area contributed by atoms with Gasteiger partial charge in [0.1, 0.15) is 6.04 Å². The summed E-state index contributed by atoms with van der Waals surface area (Å²) in [7, 11) is -3.89. The maximum Gasteiger partial charge on any atom is 0.325 e. The summed E-state index contributed by atoms with van der Waals surface area (Å²) in [4.78, 5) is 35.0. The van der Waals surface area contributed by atoms with Crippen LogP contribution in [0.2, 0.25) is 0 Å². The molecule has 10 heteroatoms. The van der Waals surface area contributed by atoms with Gasteiger partial charge in [-0.1, -0.05) is 17.7 Å². The summed E-state index contributed by atoms with van der Waals surface area (Å²) in [6.07, 6.45) is 0.276. The molecule has 0 unspecified atom stereocenters. The summed E-state index contributed by atoms with van der Waals surface area (Å²) in [6, 6.07) is 4.24. The molecule has 1 heterocycles. The molecular weight excluding hydrogens is 374 g/mol. The largest absolute Gasteiger partial charge is 0.451 e. The van der Waals surface area contributed by atoms with Crippen LogP contribution in [0.3, 0.4) is 0 Å². The zero-order valence-electron chi connectivity index (χ0n) is 15.2. The standard InChI is InChI=1S/C17H23N3O6S/c1-11-6-8-13(9-7-11)27(24,25)20-10-4-3-5-14(20)16(22)26-12(2)15(21)19-17(18)23/h6-9,12,14H,3-5,10H2,1-2H3,(H3,18,19,21,23)/t12-,14-/m0/s1. The molecule has 148 valence electrons. The molecule has 0 bridgehead atoms. The maximum absolute atomic E-state index is 13.0. The van der Waals surface area contributed by atoms with Gasteiger partial charge in [-0.2, -0.15) is 4.31 Å². The number of urea groups is 1. The maximum atomic E-state index is 13.0. The van der Waals surface area contributed by atoms with E-state index in [9.17, 15) is 22.8 Å². The summed E-state index contributed by atoms with van der Waals surface area (Å²) in [5, 5.41) is 1.81. The number of hydrogen-bond acceptors (Lipinski definition) is 6. The number of carbonyl (C=O) groups excluding carboxylic acids is 3. The van der Waals surface area contributed by atoms with Crippen LogP contribution in [-0.2, 0) is 24.3 Å². The van der Waals surface area contributed by atoms with E-state index in [0.29, 0.717) is 12.8 Å². The third kappa shape index (κ3) is 5.04. The van der Waals surface area contributed by atoms with Crippen molar-refractivity contribution >= 4 is 27.9 Å². The minimum atomic E-state index is -3.89. The van der Waals surface area contributed by atoms with Crippen molar-refractivity contribution in [1.29, 1.82) is 0 Å². The minimum absolute atomic E-state index is 0.0901. The molecule has 1 aromatic carbocycles. The van der Waals surface area contributed by atoms with E-state index in [1.807, 2.05) is 12.2 Å². The van der Waals surface area contributed by atoms with Gasteiger partial charge in [0.15, 0.2) is 6.10 Å². The predicted molar refractivity (Wildman–Crippen MR) is 96.0 cm³/mol. The van der Waals surface area contributed by atoms with Crippen molar-refractivity contribution in [3.63, 3.8) is 0 Å². The van der Waals surface area contributed by atoms with Crippen molar-refractivity contribution < 1.29 is 27.5 Å². The van der Waals surface area contributed by atoms with Gasteiger partial charge in [0, 0.05) is 6.54 Å². The molecule has 1 fully saturated rings. The van der Waals surface area contributed by atoms with Gasteiger partial charge in [-0.05, 0) is 45.2 Å². The van der Waals surface area contributed by atoms with Gasteiger partial charge in [-0.3, -0.25) is 14.9 Å². The second kappa shape index (κ2) is 8.49. The molecule has 0 spiro atoms. The Balaban J connectivity index is 2.18. The number of imide groups is 1. The molecule has 3 N–H and O–H groups in total. The molecule has 1 aliphatic rings. The van der Waals surface area contributed by atoms with Crippen molar-refractivity contribution in [2.24, 2.45) is 5.73 Å². The Kier molecular flexibility index (Phi) is 6.55. The van der Waals surface area contributed by atoms with Crippen LogP contribution in [0, 0.1) is 6.92 Å². The lowest BCUT2D eigenvalue weighted by Gasteiger charge is -2.33. The molecule has 2 rings (SSSR count). The van der Waals surface area contributed by atoms with Crippen LogP contribution in [0.15, 0.2) is 29.2 Å². The summed E-state index contributed by atoms with van der Waals surface area (Å²) in [5.74, 6) is -1.71. The Morgan fingerprint density at radius 1 is 1.22 bits per heavy atom. The molecule has 9 nitrogen and oxygen atoms in total. The normalized spacial score (nSPS) is 19.1. The number of sulfonamides is 1. The topological polar surface area (TPSA) is 136 Å². The summed E-state index contributed by atoms with van der Waals surface area (Å²) < 4.78 is 32.1. The van der Waals surface area contributed by atoms with Crippen molar-refractivity contribution in [3.8, 4) is 0 Å². The average Bonchev–Trinajstić information content (AvgIpc) is 2.61. The second-order valence-electron chi connectivity index (χ2n) is 6.37. The fourth-order valence-electron chi connectivity index (χ4n) is 2.80. The molecular formula is C17H23N3O6S. The number of nitrogens with one attached hydrogen (secondary N) is 1. The van der Waals surface area contributed by atoms with E-state index in [1.165, 1.54) is 19.1 Å². The molecule has 3 amide bonds. The van der Waals surface area contributed by atoms with Crippen molar-refractivity contribution in [3.05, 3.63) is 29.8 Å². The van der Waals surface area contributed by atoms with Crippen molar-refractivity contribution in [1.82, 2.24) is 9.62 Å². The van der Waals surface area contributed by atoms with Crippen LogP contribution in [-0.4, -0.2) is 49.3 Å². The lowest BCUT2D eigenvalue weighted by molar-refractivity contribution is -0.159. The lowest BCUT2D eigenvalue weighted by atomic mass is 10.1. The number of primary amides is 1. The molecule has 0 aromatic heterocycles. The summed E-state index contributed by atoms with van der Waals surface area (Å²) >= 11 is 0. The first-order valence-corrected chi connectivity index (χ1v) is 9.96. The lowest BCUT2D eigenvalue weighted by Crippen LogP contribution is -2.50. The first-order valence-electron chi connectivity index (χ1n) is 8.52. The Morgan fingerprint density at radius 2 is 1.85 bits per heavy atom. The molecule has 0 radical (unpaired) electrons. The second-order valence-corrected chi connectivity index (χ2v) is 8.26. The molecule has 1 aromatic rings. The van der Waals surface area contributed by atoms with E-state index in [-0.39, 0.29) is 17.9 Å². The van der Waals surface area contributed by atoms with Crippen LogP contribution in [0.4, 0.5) is 4.79 Å². The number of ether oxygens (including phenoxy) is 1. The summed E-state index contributed by atoms with van der Waals surface area (Å²) in [5.41, 5.74) is 5.77. The highest BCUT2D eigenvalue weighted by molar-refractivity contribution is 7.89. The van der Waals surface area contributed by atoms with Gasteiger partial charge < -0.3 is 10.5 Å². The smallest absolute Gasteiger partial charge is 0.325 e. The molecule has 2 atom stereocenters. The number of piperidine rings is 1. The highest BCUT2D eigenvalue weighted by atomic mass is 32.2. The van der Waals surface area contributed by atoms with E-state index in [4.69, 9.17) is 10.5 Å². The average molecular weight is 397 g/mol. The number of carbonyl (C=O) groups is 3. The fourth-order valence-corrected chi connectivity index (χ4v) is 4.45. The molecule has 1 aliphatic heterocycles. The van der Waals surface area contributed by atoms with Gasteiger partial charge in [0.2, 0.25) is 10.0 Å². The SMILES string of the molecule is Cc1ccc(S(=O)(=O)N2CCCC[C@H]2C(=O)O[C@@H](C)C(=O)NC(N)=O)cc1. The Bertz CT molecular complexity index is 822. The number of aryl methyl sites for hydroxylation is 1. The van der Waals surface area contributed by atoms with Gasteiger partial charge in [-0.15, -0.1) is 0 Å². The molecule has 0 aliphatic carbocycles. The van der Waals surface area contributed by atoms with Crippen LogP contribution < -0.4 is 11.1 Å². The van der Waals surface area contributed by atoms with E-state index >= 15 is 0 Å². The van der Waals surface area contributed by atoms with E-state index in [1.54, 1.807) is 12.1 Å². The molecule has 27 heavy (non-hydrogen) atoms. The number of esters is 1. The van der Waals surface area contributed by atoms with Gasteiger partial charge >= 0.3 is 12.0 Å². The van der Waals surface area contributed by atoms with Crippen LogP contribution in [0.5, 0.6) is 0 Å². The number of nitrogens with two attached hydrogens (primary N) is 1. The van der Waals surface area contributed by atoms with Crippen LogP contribution in [0.25, 0.3) is 0 Å². The minimum Gasteiger partial charge on any atom is -0.451 e. The van der Waals surface area contributed by atoms with Crippen molar-refractivity contribution in [2.45, 2.75) is 50.2 Å². The Labute approximate surface area is 157 Å². The van der Waals surface area contributed by atoms with Crippen LogP contribution in [0.1, 0.15) is 31.7 Å². The number of benzene rings is 1. The fraction of sp³-hybridized carbons (Fsp3) is 0.471. The third-order valence-corrected chi connectivity index (χ3v) is 6.18. The highest BCUT2D eigenvalue weighted by Gasteiger charge is 2.39. The molecule has 0 saturated carbocycles. The predicted octanol–water partition coefficient (Wildman–Crippen LogP) is 0.665. The van der Waals surface area contributed by atoms with Gasteiger partial charge in [-0.25, -0.2) is 13.2 Å². The van der Waals surface area contributed by atoms with Crippen molar-refractivity contribution in [2.75, 3.05) is 6.54 Å². The van der Waals surface area contributed by atoms with Crippen LogP contribution >= 0.6 is 0 Å². The van der Waals surface area contributed by atoms with Gasteiger partial charge in [0.25, 0.3) is 5.91 Å². The first kappa shape index (κ1) is 20.8. The number of rotatable bonds is 5. The Morgan fingerprint density at radius 3 is 2.44 bits per heavy atom. The van der Waals surface area contributed by atoms with Gasteiger partial charge in [0.05, 0.1) is 4.90 Å². The third-order valence-electron chi connectivity index (χ3n) is 4.26. The highest BCUT2D eigenvalue weighted by Crippen LogP contribution is 2.26. The monoisotopic (exact) mass is 397 g/mol. The molecule has 1 saturated heterocycles. The number of nitrogens with zero attached hydrogens (tertiary/aromatic N) is 1. The summed E-state index contributed by atoms with van der Waals surface area (Å²) in [6.45, 7) is 3.30. The van der Waals surface area contributed by atoms with E-state index < -0.39 is 40.1 Å². The van der Waals surface area contributed by atoms with E-state index in [0.717, 1.165) is 9.87 Å². The van der Waals surface area contributed by atoms with E-state index in [2.05, 4.69) is 0 Å².